The number of rotatable bonds is 6. The Kier molecular flexibility index (Phi) is 6.90. The maximum Gasteiger partial charge on any atom is 0.321 e. The van der Waals surface area contributed by atoms with Crippen LogP contribution in [0.5, 0.6) is 0 Å². The molecule has 1 aromatic heterocycles. The zero-order valence-corrected chi connectivity index (χ0v) is 12.7. The molecule has 0 saturated heterocycles. The van der Waals surface area contributed by atoms with Crippen LogP contribution in [0.1, 0.15) is 12.0 Å². The van der Waals surface area contributed by atoms with Gasteiger partial charge in [0, 0.05) is 23.5 Å². The van der Waals surface area contributed by atoms with Gasteiger partial charge in [-0.05, 0) is 11.6 Å². The maximum absolute atomic E-state index is 10.6. The minimum Gasteiger partial charge on any atom is -0.481 e. The highest BCUT2D eigenvalue weighted by Crippen LogP contribution is 2.18. The fourth-order valence-electron chi connectivity index (χ4n) is 1.90. The van der Waals surface area contributed by atoms with Crippen LogP contribution in [0.3, 0.4) is 0 Å². The summed E-state index contributed by atoms with van der Waals surface area (Å²) >= 11 is 0. The molecular weight excluding hydrogens is 318 g/mol. The summed E-state index contributed by atoms with van der Waals surface area (Å²) < 4.78 is 0. The van der Waals surface area contributed by atoms with E-state index in [1.165, 1.54) is 0 Å². The quantitative estimate of drug-likeness (QED) is 0.426. The number of nitrogens with one attached hydrogen (secondary N) is 1. The summed E-state index contributed by atoms with van der Waals surface area (Å²) in [4.78, 5) is 33.3. The molecule has 0 amide bonds. The zero-order chi connectivity index (χ0) is 18.3. The summed E-state index contributed by atoms with van der Waals surface area (Å²) in [5.74, 6) is -3.47. The Morgan fingerprint density at radius 1 is 1.00 bits per heavy atom. The molecule has 0 spiro atoms. The van der Waals surface area contributed by atoms with Gasteiger partial charge in [-0.15, -0.1) is 0 Å². The number of hydrogen-bond acceptors (Lipinski definition) is 5. The third kappa shape index (κ3) is 5.71. The van der Waals surface area contributed by atoms with Crippen molar-refractivity contribution in [1.82, 2.24) is 4.98 Å². The Morgan fingerprint density at radius 2 is 1.58 bits per heavy atom. The van der Waals surface area contributed by atoms with Gasteiger partial charge in [0.05, 0.1) is 6.42 Å². The molecule has 2 aromatic rings. The standard InChI is InChI=1S/C11H12N2O2.C4H7NO4/c12-9(11(14)15)5-7-6-13-10-4-2-1-3-8(7)10;5-2(4(8)9)1-3(6)7/h1-4,6,9,13H,5,12H2,(H,14,15);2H,1,5H2,(H,6,7)(H,8,9). The first-order valence-electron chi connectivity index (χ1n) is 6.96. The number of benzene rings is 1. The van der Waals surface area contributed by atoms with Gasteiger partial charge in [-0.2, -0.15) is 0 Å². The highest BCUT2D eigenvalue weighted by molar-refractivity contribution is 5.84. The number of H-pyrrole nitrogens is 1. The zero-order valence-electron chi connectivity index (χ0n) is 12.7. The Balaban J connectivity index is 0.000000277. The van der Waals surface area contributed by atoms with E-state index in [1.54, 1.807) is 0 Å². The van der Waals surface area contributed by atoms with E-state index in [9.17, 15) is 14.4 Å². The van der Waals surface area contributed by atoms with Crippen molar-refractivity contribution in [2.75, 3.05) is 0 Å². The lowest BCUT2D eigenvalue weighted by atomic mass is 10.1. The lowest BCUT2D eigenvalue weighted by Gasteiger charge is -2.04. The lowest BCUT2D eigenvalue weighted by Crippen LogP contribution is -2.32. The molecule has 2 unspecified atom stereocenters. The largest absolute Gasteiger partial charge is 0.481 e. The fourth-order valence-corrected chi connectivity index (χ4v) is 1.90. The molecule has 0 radical (unpaired) electrons. The normalized spacial score (nSPS) is 12.8. The topological polar surface area (TPSA) is 180 Å². The molecule has 0 fully saturated rings. The summed E-state index contributed by atoms with van der Waals surface area (Å²) in [6, 6.07) is 5.62. The smallest absolute Gasteiger partial charge is 0.321 e. The van der Waals surface area contributed by atoms with E-state index < -0.39 is 36.4 Å². The van der Waals surface area contributed by atoms with Crippen molar-refractivity contribution >= 4 is 28.8 Å². The number of carbonyl (C=O) groups is 3. The van der Waals surface area contributed by atoms with Gasteiger partial charge in [-0.1, -0.05) is 18.2 Å². The van der Waals surface area contributed by atoms with E-state index in [0.717, 1.165) is 16.5 Å². The Bertz CT molecular complexity index is 727. The highest BCUT2D eigenvalue weighted by Gasteiger charge is 2.15. The molecule has 2 atom stereocenters. The second kappa shape index (κ2) is 8.65. The van der Waals surface area contributed by atoms with Crippen molar-refractivity contribution < 1.29 is 29.7 Å². The number of nitrogens with two attached hydrogens (primary N) is 2. The van der Waals surface area contributed by atoms with Gasteiger partial charge in [0.25, 0.3) is 0 Å². The summed E-state index contributed by atoms with van der Waals surface area (Å²) in [6.07, 6.45) is 1.63. The van der Waals surface area contributed by atoms with Gasteiger partial charge in [0.15, 0.2) is 0 Å². The maximum atomic E-state index is 10.6. The summed E-state index contributed by atoms with van der Waals surface area (Å²) in [7, 11) is 0. The van der Waals surface area contributed by atoms with Crippen LogP contribution in [-0.4, -0.2) is 50.3 Å². The predicted octanol–water partition coefficient (Wildman–Crippen LogP) is -0.00470. The van der Waals surface area contributed by atoms with E-state index in [1.807, 2.05) is 30.5 Å². The third-order valence-corrected chi connectivity index (χ3v) is 3.14. The minimum atomic E-state index is -1.29. The molecule has 0 aliphatic rings. The van der Waals surface area contributed by atoms with E-state index in [4.69, 9.17) is 26.8 Å². The fraction of sp³-hybridized carbons (Fsp3) is 0.267. The third-order valence-electron chi connectivity index (χ3n) is 3.14. The second-order valence-electron chi connectivity index (χ2n) is 5.05. The number of para-hydroxylation sites is 1. The molecule has 2 rings (SSSR count). The number of aliphatic carboxylic acids is 3. The van der Waals surface area contributed by atoms with Crippen molar-refractivity contribution in [3.63, 3.8) is 0 Å². The predicted molar refractivity (Wildman–Crippen MR) is 85.5 cm³/mol. The number of hydrogen-bond donors (Lipinski definition) is 6. The number of fused-ring (bicyclic) bond motifs is 1. The lowest BCUT2D eigenvalue weighted by molar-refractivity contribution is -0.144. The van der Waals surface area contributed by atoms with E-state index in [0.29, 0.717) is 6.42 Å². The molecular formula is C15H19N3O6. The molecule has 0 saturated carbocycles. The van der Waals surface area contributed by atoms with Gasteiger partial charge < -0.3 is 31.8 Å². The summed E-state index contributed by atoms with van der Waals surface area (Å²) in [5, 5.41) is 25.8. The SMILES string of the molecule is NC(CC(=O)O)C(=O)O.NC(Cc1c[nH]c2ccccc12)C(=O)O. The molecule has 0 aliphatic heterocycles. The van der Waals surface area contributed by atoms with Crippen LogP contribution in [0.2, 0.25) is 0 Å². The number of aromatic amines is 1. The van der Waals surface area contributed by atoms with Crippen LogP contribution in [0, 0.1) is 0 Å². The van der Waals surface area contributed by atoms with Crippen LogP contribution in [0.25, 0.3) is 10.9 Å². The molecule has 8 N–H and O–H groups in total. The molecule has 130 valence electrons. The van der Waals surface area contributed by atoms with E-state index in [-0.39, 0.29) is 0 Å². The first kappa shape index (κ1) is 19.1. The van der Waals surface area contributed by atoms with Crippen LogP contribution >= 0.6 is 0 Å². The molecule has 9 nitrogen and oxygen atoms in total. The van der Waals surface area contributed by atoms with Crippen molar-refractivity contribution in [1.29, 1.82) is 0 Å². The van der Waals surface area contributed by atoms with Gasteiger partial charge in [0.2, 0.25) is 0 Å². The van der Waals surface area contributed by atoms with Gasteiger partial charge >= 0.3 is 17.9 Å². The Hall–Kier alpha value is -2.91. The molecule has 9 heteroatoms. The minimum absolute atomic E-state index is 0.347. The molecule has 24 heavy (non-hydrogen) atoms. The van der Waals surface area contributed by atoms with Crippen LogP contribution in [0.4, 0.5) is 0 Å². The van der Waals surface area contributed by atoms with Crippen molar-refractivity contribution in [3.8, 4) is 0 Å². The van der Waals surface area contributed by atoms with E-state index >= 15 is 0 Å². The van der Waals surface area contributed by atoms with Gasteiger partial charge in [-0.3, -0.25) is 14.4 Å². The molecule has 1 aromatic carbocycles. The van der Waals surface area contributed by atoms with E-state index in [2.05, 4.69) is 4.98 Å². The van der Waals surface area contributed by atoms with Crippen LogP contribution < -0.4 is 11.5 Å². The van der Waals surface area contributed by atoms with Crippen LogP contribution in [-0.2, 0) is 20.8 Å². The first-order chi connectivity index (χ1) is 11.2. The van der Waals surface area contributed by atoms with Crippen molar-refractivity contribution in [2.24, 2.45) is 11.5 Å². The monoisotopic (exact) mass is 337 g/mol. The Labute approximate surface area is 136 Å². The molecule has 0 bridgehead atoms. The average Bonchev–Trinajstić information content (AvgIpc) is 2.90. The van der Waals surface area contributed by atoms with Gasteiger partial charge in [0.1, 0.15) is 12.1 Å². The van der Waals surface area contributed by atoms with Gasteiger partial charge in [-0.25, -0.2) is 0 Å². The summed E-state index contributed by atoms with van der Waals surface area (Å²) in [6.45, 7) is 0. The number of aromatic nitrogens is 1. The molecule has 0 aliphatic carbocycles. The Morgan fingerprint density at radius 3 is 2.08 bits per heavy atom. The number of carboxylic acids is 3. The van der Waals surface area contributed by atoms with Crippen LogP contribution in [0.15, 0.2) is 30.5 Å². The second-order valence-corrected chi connectivity index (χ2v) is 5.05. The average molecular weight is 337 g/mol. The number of carboxylic acid groups (broad SMARTS) is 3. The summed E-state index contributed by atoms with van der Waals surface area (Å²) in [5.41, 5.74) is 12.3. The van der Waals surface area contributed by atoms with Crippen molar-refractivity contribution in [2.45, 2.75) is 24.9 Å². The molecule has 1 heterocycles. The van der Waals surface area contributed by atoms with Crippen molar-refractivity contribution in [3.05, 3.63) is 36.0 Å². The highest BCUT2D eigenvalue weighted by atomic mass is 16.4. The first-order valence-corrected chi connectivity index (χ1v) is 6.96.